The van der Waals surface area contributed by atoms with Crippen LogP contribution in [0.3, 0.4) is 0 Å². The Morgan fingerprint density at radius 3 is 1.61 bits per heavy atom. The number of hydrogen-bond acceptors (Lipinski definition) is 9. The van der Waals surface area contributed by atoms with Crippen LogP contribution in [0, 0.1) is 5.21 Å². The van der Waals surface area contributed by atoms with E-state index in [1.807, 2.05) is 35.0 Å². The Hall–Kier alpha value is -0.950. The average molecular weight is 863 g/mol. The first-order valence-corrected chi connectivity index (χ1v) is 25.4. The fourth-order valence-electron chi connectivity index (χ4n) is 7.57. The van der Waals surface area contributed by atoms with Gasteiger partial charge in [0.05, 0.1) is 27.7 Å². The van der Waals surface area contributed by atoms with E-state index < -0.39 is 38.1 Å². The quantitative estimate of drug-likeness (QED) is 0.0192. The number of hydroxylamine groups is 2. The Labute approximate surface area is 362 Å². The third kappa shape index (κ3) is 29.1. The van der Waals surface area contributed by atoms with Gasteiger partial charge in [-0.25, -0.2) is 0 Å². The molecule has 1 saturated heterocycles. The van der Waals surface area contributed by atoms with E-state index in [1.165, 1.54) is 82.1 Å². The summed E-state index contributed by atoms with van der Waals surface area (Å²) >= 11 is 0. The number of nitrogens with zero attached hydrogens (tertiary/aromatic N) is 2. The normalized spacial score (nSPS) is 18.5. The number of rotatable bonds is 40. The maximum atomic E-state index is 13.2. The van der Waals surface area contributed by atoms with Crippen molar-refractivity contribution in [2.45, 2.75) is 231 Å². The lowest BCUT2D eigenvalue weighted by molar-refractivity contribution is -0.870. The monoisotopic (exact) mass is 863 g/mol. The molecule has 1 fully saturated rings. The minimum atomic E-state index is -4.63. The summed E-state index contributed by atoms with van der Waals surface area (Å²) in [6.45, 7) is 8.63. The molecule has 1 radical (unpaired) electrons. The number of unbranched alkanes of at least 4 members (excludes halogenated alkanes) is 22. The van der Waals surface area contributed by atoms with Crippen molar-refractivity contribution in [1.29, 1.82) is 0 Å². The summed E-state index contributed by atoms with van der Waals surface area (Å²) < 4.78 is 28.0. The van der Waals surface area contributed by atoms with Gasteiger partial charge in [-0.05, 0) is 52.4 Å². The molecule has 0 aliphatic carbocycles. The number of carbonyl (C=O) groups is 1. The first-order valence-electron chi connectivity index (χ1n) is 23.9. The minimum Gasteiger partial charge on any atom is -0.783 e. The zero-order valence-electron chi connectivity index (χ0n) is 39.1. The molecule has 12 nitrogen and oxygen atoms in total. The Balaban J connectivity index is 2.38. The second-order valence-electron chi connectivity index (χ2n) is 18.9. The van der Waals surface area contributed by atoms with Crippen molar-refractivity contribution in [2.24, 2.45) is 0 Å². The smallest absolute Gasteiger partial charge is 0.482 e. The molecule has 13 heteroatoms. The van der Waals surface area contributed by atoms with Crippen LogP contribution in [-0.4, -0.2) is 97.8 Å². The van der Waals surface area contributed by atoms with Crippen LogP contribution < -0.4 is 4.89 Å². The van der Waals surface area contributed by atoms with Gasteiger partial charge in [-0.3, -0.25) is 4.79 Å². The summed E-state index contributed by atoms with van der Waals surface area (Å²) in [7, 11) is 1.15. The van der Waals surface area contributed by atoms with Crippen molar-refractivity contribution in [3.05, 3.63) is 5.21 Å². The van der Waals surface area contributed by atoms with Crippen molar-refractivity contribution < 1.29 is 47.1 Å². The van der Waals surface area contributed by atoms with E-state index in [-0.39, 0.29) is 25.6 Å². The van der Waals surface area contributed by atoms with Crippen LogP contribution in [0.1, 0.15) is 214 Å². The van der Waals surface area contributed by atoms with Crippen LogP contribution in [0.15, 0.2) is 0 Å². The molecule has 1 heterocycles. The van der Waals surface area contributed by atoms with Gasteiger partial charge in [0, 0.05) is 16.9 Å². The topological polar surface area (TPSA) is 154 Å². The Kier molecular flexibility index (Phi) is 31.1. The second-order valence-corrected chi connectivity index (χ2v) is 20.3. The molecule has 0 amide bonds. The van der Waals surface area contributed by atoms with E-state index in [4.69, 9.17) is 23.3 Å². The summed E-state index contributed by atoms with van der Waals surface area (Å²) in [6, 6.07) is 0. The summed E-state index contributed by atoms with van der Waals surface area (Å²) in [5.41, 5.74) is -1.16. The fourth-order valence-corrected chi connectivity index (χ4v) is 8.29. The van der Waals surface area contributed by atoms with Gasteiger partial charge >= 0.3 is 20.1 Å². The third-order valence-corrected chi connectivity index (χ3v) is 12.4. The molecule has 2 unspecified atom stereocenters. The van der Waals surface area contributed by atoms with Gasteiger partial charge in [-0.2, -0.15) is 9.05 Å². The van der Waals surface area contributed by atoms with E-state index in [9.17, 15) is 24.6 Å². The zero-order valence-corrected chi connectivity index (χ0v) is 40.0. The molecule has 1 aliphatic heterocycles. The fraction of sp³-hybridized carbons (Fsp3) is 0.957. The van der Waals surface area contributed by atoms with Crippen LogP contribution >= 0.6 is 8.17 Å². The maximum absolute atomic E-state index is 13.2. The highest BCUT2D eigenvalue weighted by Gasteiger charge is 2.45. The Bertz CT molecular complexity index is 1060. The average Bonchev–Trinajstić information content (AvgIpc) is 3.40. The van der Waals surface area contributed by atoms with Gasteiger partial charge in [0.2, 0.25) is 6.61 Å². The van der Waals surface area contributed by atoms with Crippen LogP contribution in [0.2, 0.25) is 0 Å². The summed E-state index contributed by atoms with van der Waals surface area (Å²) in [4.78, 5) is 48.1. The van der Waals surface area contributed by atoms with Gasteiger partial charge < -0.3 is 38.7 Å². The van der Waals surface area contributed by atoms with Crippen molar-refractivity contribution in [2.75, 3.05) is 54.1 Å². The largest absolute Gasteiger partial charge is 0.783 e. The van der Waals surface area contributed by atoms with E-state index >= 15 is 0 Å². The van der Waals surface area contributed by atoms with Gasteiger partial charge in [0.1, 0.15) is 31.9 Å². The highest BCUT2D eigenvalue weighted by Crippen LogP contribution is 2.49. The van der Waals surface area contributed by atoms with Crippen LogP contribution in [0.4, 0.5) is 0 Å². The Morgan fingerprint density at radius 2 is 1.15 bits per heavy atom. The SMILES string of the molecule is CCCCCCCCCCCCCCCC(=[OH+])OCC(CO[P+]([O])([O-])OCC[N+](C)(C)C)OC(=O)CCCCCCCCCCC1(CCCCCC)OCC(C)(C)N1[O-]. The molecule has 0 aromatic carbocycles. The van der Waals surface area contributed by atoms with Gasteiger partial charge in [-0.15, -0.1) is 0 Å². The maximum Gasteiger partial charge on any atom is 0.482 e. The molecule has 1 aliphatic rings. The standard InChI is InChI=1S/C46H90N2O10P/c1-8-10-12-14-15-16-17-18-19-20-23-26-29-33-43(49)54-39-42(40-57-59(52,53)56-38-37-48(5,6)7)58-44(50)34-30-27-24-21-22-25-28-32-36-46(35-31-13-11-9-2)47(51)45(3,4)41-55-46/h42H,8-41H2,1-7H3/p+1. The van der Waals surface area contributed by atoms with E-state index in [0.717, 1.165) is 89.9 Å². The molecule has 1 rings (SSSR count). The molecular weight excluding hydrogens is 771 g/mol. The number of esters is 2. The van der Waals surface area contributed by atoms with Crippen molar-refractivity contribution in [3.63, 3.8) is 0 Å². The lowest BCUT2D eigenvalue weighted by Crippen LogP contribution is -2.48. The minimum absolute atomic E-state index is 0.0353. The van der Waals surface area contributed by atoms with Crippen molar-refractivity contribution in [3.8, 4) is 0 Å². The molecule has 59 heavy (non-hydrogen) atoms. The highest BCUT2D eigenvalue weighted by atomic mass is 31.2. The van der Waals surface area contributed by atoms with Crippen molar-refractivity contribution >= 4 is 20.1 Å². The number of quaternary nitrogens is 1. The molecule has 2 atom stereocenters. The first-order chi connectivity index (χ1) is 28.1. The summed E-state index contributed by atoms with van der Waals surface area (Å²) in [6.07, 6.45) is 29.5. The van der Waals surface area contributed by atoms with Gasteiger partial charge in [0.15, 0.2) is 6.10 Å². The summed E-state index contributed by atoms with van der Waals surface area (Å²) in [5, 5.41) is 14.4. The molecular formula is C46H91N2O10P+. The highest BCUT2D eigenvalue weighted by molar-refractivity contribution is 7.52. The van der Waals surface area contributed by atoms with Gasteiger partial charge in [-0.1, -0.05) is 149 Å². The van der Waals surface area contributed by atoms with Gasteiger partial charge in [0.25, 0.3) is 0 Å². The summed E-state index contributed by atoms with van der Waals surface area (Å²) in [5.74, 6) is -0.609. The molecule has 1 N–H and O–H groups in total. The predicted octanol–water partition coefficient (Wildman–Crippen LogP) is 11.3. The lowest BCUT2D eigenvalue weighted by atomic mass is 9.95. The van der Waals surface area contributed by atoms with E-state index in [1.54, 1.807) is 0 Å². The van der Waals surface area contributed by atoms with E-state index in [0.29, 0.717) is 30.5 Å². The van der Waals surface area contributed by atoms with Crippen LogP contribution in [-0.2, 0) is 32.9 Å². The van der Waals surface area contributed by atoms with Crippen LogP contribution in [0.25, 0.3) is 0 Å². The molecule has 0 spiro atoms. The van der Waals surface area contributed by atoms with Crippen LogP contribution in [0.5, 0.6) is 0 Å². The number of hydrogen-bond donors (Lipinski definition) is 0. The number of ether oxygens (including phenoxy) is 3. The second kappa shape index (κ2) is 32.7. The van der Waals surface area contributed by atoms with Crippen molar-refractivity contribution in [1.82, 2.24) is 5.06 Å². The molecule has 0 aromatic rings. The molecule has 349 valence electrons. The number of carbonyl (C=O) groups excluding carboxylic acids is 2. The lowest BCUT2D eigenvalue weighted by Gasteiger charge is -2.48. The Morgan fingerprint density at radius 1 is 0.712 bits per heavy atom. The third-order valence-electron chi connectivity index (χ3n) is 11.4. The van der Waals surface area contributed by atoms with E-state index in [2.05, 4.69) is 13.8 Å². The first kappa shape index (κ1) is 56.1. The molecule has 0 bridgehead atoms. The number of likely N-dealkylation sites (N-methyl/N-ethyl adjacent to an activating group) is 1. The predicted molar refractivity (Wildman–Crippen MR) is 238 cm³/mol. The molecule has 0 saturated carbocycles. The molecule has 0 aromatic heterocycles. The zero-order chi connectivity index (χ0) is 43.9.